The average Bonchev–Trinajstić information content (AvgIpc) is 3.42. The van der Waals surface area contributed by atoms with E-state index in [2.05, 4.69) is 25.7 Å². The number of sulfone groups is 1. The molecular weight excluding hydrogens is 589 g/mol. The van der Waals surface area contributed by atoms with Crippen molar-refractivity contribution in [1.82, 2.24) is 20.4 Å². The molecule has 0 spiro atoms. The predicted molar refractivity (Wildman–Crippen MR) is 159 cm³/mol. The van der Waals surface area contributed by atoms with Crippen LogP contribution in [0.25, 0.3) is 21.5 Å². The van der Waals surface area contributed by atoms with Crippen LogP contribution in [0.5, 0.6) is 5.75 Å². The van der Waals surface area contributed by atoms with E-state index in [0.717, 1.165) is 21.3 Å². The molecule has 0 aliphatic heterocycles. The molecule has 2 N–H and O–H groups in total. The van der Waals surface area contributed by atoms with Crippen LogP contribution in [0.1, 0.15) is 16.5 Å². The lowest BCUT2D eigenvalue weighted by Crippen LogP contribution is -2.26. The molecule has 212 valence electrons. The molecule has 0 saturated carbocycles. The number of hydroxylamine groups is 1. The second kappa shape index (κ2) is 12.5. The molecule has 41 heavy (non-hydrogen) atoms. The maximum atomic E-state index is 13.4. The summed E-state index contributed by atoms with van der Waals surface area (Å²) in [4.78, 5) is 19.1. The van der Waals surface area contributed by atoms with Gasteiger partial charge < -0.3 is 14.9 Å². The van der Waals surface area contributed by atoms with Gasteiger partial charge in [-0.2, -0.15) is 5.48 Å². The summed E-state index contributed by atoms with van der Waals surface area (Å²) in [6, 6.07) is 16.6. The summed E-state index contributed by atoms with van der Waals surface area (Å²) >= 11 is 7.85. The number of fused-ring (bicyclic) bond motifs is 1. The fourth-order valence-electron chi connectivity index (χ4n) is 4.11. The Bertz CT molecular complexity index is 1800. The van der Waals surface area contributed by atoms with Gasteiger partial charge in [-0.05, 0) is 54.1 Å². The van der Waals surface area contributed by atoms with Crippen molar-refractivity contribution < 1.29 is 22.4 Å². The summed E-state index contributed by atoms with van der Waals surface area (Å²) in [6.45, 7) is 0.179. The van der Waals surface area contributed by atoms with Crippen LogP contribution in [-0.2, 0) is 21.3 Å². The van der Waals surface area contributed by atoms with Gasteiger partial charge in [0.05, 0.1) is 29.4 Å². The summed E-state index contributed by atoms with van der Waals surface area (Å²) in [5.74, 6) is 0.577. The third-order valence-corrected chi connectivity index (χ3v) is 8.35. The molecule has 0 aliphatic carbocycles. The number of aromatic nitrogens is 3. The number of thiazole rings is 1. The van der Waals surface area contributed by atoms with Crippen LogP contribution in [0, 0.1) is 5.82 Å². The number of halogens is 2. The van der Waals surface area contributed by atoms with Crippen molar-refractivity contribution in [3.63, 3.8) is 0 Å². The lowest BCUT2D eigenvalue weighted by Gasteiger charge is -2.13. The van der Waals surface area contributed by atoms with Crippen LogP contribution in [0.2, 0.25) is 5.02 Å². The SMILES string of the molecule is CON[C@H](CS(C)(=O)=O)c1cnc(-c2ccc3ncnc(Nc4ccc(OCc5cccc(F)c5)c(Cl)c4)c3c2)s1. The lowest BCUT2D eigenvalue weighted by molar-refractivity contribution is 0.0676. The highest BCUT2D eigenvalue weighted by atomic mass is 35.5. The minimum atomic E-state index is -3.26. The zero-order chi connectivity index (χ0) is 29.0. The van der Waals surface area contributed by atoms with Gasteiger partial charge in [0.15, 0.2) is 0 Å². The van der Waals surface area contributed by atoms with E-state index in [-0.39, 0.29) is 18.2 Å². The fraction of sp³-hybridized carbons (Fsp3) is 0.179. The van der Waals surface area contributed by atoms with Gasteiger partial charge in [0.1, 0.15) is 45.2 Å². The van der Waals surface area contributed by atoms with E-state index in [0.29, 0.717) is 32.8 Å². The summed E-state index contributed by atoms with van der Waals surface area (Å²) in [6.07, 6.45) is 4.29. The monoisotopic (exact) mass is 613 g/mol. The van der Waals surface area contributed by atoms with Gasteiger partial charge in [-0.1, -0.05) is 23.7 Å². The van der Waals surface area contributed by atoms with Crippen LogP contribution in [0.3, 0.4) is 0 Å². The largest absolute Gasteiger partial charge is 0.487 e. The maximum Gasteiger partial charge on any atom is 0.149 e. The molecule has 2 aromatic heterocycles. The molecule has 9 nitrogen and oxygen atoms in total. The predicted octanol–water partition coefficient (Wildman–Crippen LogP) is 6.11. The highest BCUT2D eigenvalue weighted by molar-refractivity contribution is 7.90. The van der Waals surface area contributed by atoms with E-state index in [1.165, 1.54) is 43.2 Å². The quantitative estimate of drug-likeness (QED) is 0.170. The van der Waals surface area contributed by atoms with Crippen molar-refractivity contribution in [3.05, 3.63) is 94.5 Å². The third kappa shape index (κ3) is 7.34. The van der Waals surface area contributed by atoms with Crippen LogP contribution >= 0.6 is 22.9 Å². The van der Waals surface area contributed by atoms with E-state index < -0.39 is 15.9 Å². The molecule has 1 atom stereocenters. The molecule has 2 heterocycles. The Labute approximate surface area is 245 Å². The number of ether oxygens (including phenoxy) is 1. The van der Waals surface area contributed by atoms with Crippen molar-refractivity contribution in [2.75, 3.05) is 24.4 Å². The Morgan fingerprint density at radius 1 is 1.07 bits per heavy atom. The van der Waals surface area contributed by atoms with Gasteiger partial charge in [-0.3, -0.25) is 0 Å². The molecular formula is C28H25ClFN5O4S2. The number of nitrogens with one attached hydrogen (secondary N) is 2. The minimum absolute atomic E-state index is 0.126. The Morgan fingerprint density at radius 3 is 2.68 bits per heavy atom. The van der Waals surface area contributed by atoms with Crippen molar-refractivity contribution in [3.8, 4) is 16.3 Å². The normalized spacial score (nSPS) is 12.4. The first-order valence-electron chi connectivity index (χ1n) is 12.3. The Balaban J connectivity index is 1.37. The number of hydrogen-bond acceptors (Lipinski definition) is 10. The van der Waals surface area contributed by atoms with Gasteiger partial charge in [0.25, 0.3) is 0 Å². The topological polar surface area (TPSA) is 115 Å². The number of rotatable bonds is 11. The van der Waals surface area contributed by atoms with E-state index in [9.17, 15) is 12.8 Å². The first-order chi connectivity index (χ1) is 19.7. The first-order valence-corrected chi connectivity index (χ1v) is 15.5. The smallest absolute Gasteiger partial charge is 0.149 e. The number of anilines is 2. The fourth-order valence-corrected chi connectivity index (χ4v) is 6.26. The molecule has 0 saturated heterocycles. The van der Waals surface area contributed by atoms with Crippen molar-refractivity contribution in [1.29, 1.82) is 0 Å². The Kier molecular flexibility index (Phi) is 8.76. The number of hydrogen-bond donors (Lipinski definition) is 2. The van der Waals surface area contributed by atoms with Gasteiger partial charge in [-0.25, -0.2) is 27.8 Å². The molecule has 0 aliphatic rings. The Morgan fingerprint density at radius 2 is 1.93 bits per heavy atom. The van der Waals surface area contributed by atoms with Gasteiger partial charge in [0, 0.05) is 34.0 Å². The van der Waals surface area contributed by atoms with Crippen LogP contribution < -0.4 is 15.5 Å². The number of benzene rings is 3. The van der Waals surface area contributed by atoms with Crippen LogP contribution in [0.15, 0.2) is 73.2 Å². The molecule has 13 heteroatoms. The highest BCUT2D eigenvalue weighted by Crippen LogP contribution is 2.34. The lowest BCUT2D eigenvalue weighted by atomic mass is 10.1. The zero-order valence-electron chi connectivity index (χ0n) is 22.0. The second-order valence-electron chi connectivity index (χ2n) is 9.18. The highest BCUT2D eigenvalue weighted by Gasteiger charge is 2.21. The second-order valence-corrected chi connectivity index (χ2v) is 12.8. The maximum absolute atomic E-state index is 13.4. The van der Waals surface area contributed by atoms with Gasteiger partial charge >= 0.3 is 0 Å². The van der Waals surface area contributed by atoms with Crippen LogP contribution in [-0.4, -0.2) is 42.5 Å². The molecule has 0 radical (unpaired) electrons. The summed E-state index contributed by atoms with van der Waals surface area (Å²) in [5, 5.41) is 5.13. The van der Waals surface area contributed by atoms with Gasteiger partial charge in [-0.15, -0.1) is 11.3 Å². The van der Waals surface area contributed by atoms with Crippen molar-refractivity contribution >= 4 is 55.2 Å². The molecule has 0 bridgehead atoms. The summed E-state index contributed by atoms with van der Waals surface area (Å²) in [5.41, 5.74) is 5.66. The van der Waals surface area contributed by atoms with E-state index >= 15 is 0 Å². The third-order valence-electron chi connectivity index (χ3n) is 5.96. The Hall–Kier alpha value is -3.68. The molecule has 0 amide bonds. The first kappa shape index (κ1) is 28.8. The van der Waals surface area contributed by atoms with Crippen molar-refractivity contribution in [2.24, 2.45) is 0 Å². The molecule has 3 aromatic carbocycles. The standard InChI is InChI=1S/C28H25ClFN5O4S2/c1-38-35-24(15-41(2,36)37)26-13-31-28(40-26)18-6-8-23-21(11-18)27(33-16-32-23)34-20-7-9-25(22(29)12-20)39-14-17-4-3-5-19(30)10-17/h3-13,16,24,35H,14-15H2,1-2H3,(H,32,33,34)/t24-/m1/s1. The van der Waals surface area contributed by atoms with Gasteiger partial charge in [0.2, 0.25) is 0 Å². The van der Waals surface area contributed by atoms with E-state index in [1.807, 2.05) is 24.3 Å². The van der Waals surface area contributed by atoms with Crippen LogP contribution in [0.4, 0.5) is 15.9 Å². The zero-order valence-corrected chi connectivity index (χ0v) is 24.4. The molecule has 5 rings (SSSR count). The van der Waals surface area contributed by atoms with E-state index in [4.69, 9.17) is 21.2 Å². The van der Waals surface area contributed by atoms with Crippen molar-refractivity contribution in [2.45, 2.75) is 12.6 Å². The molecule has 0 fully saturated rings. The minimum Gasteiger partial charge on any atom is -0.487 e. The summed E-state index contributed by atoms with van der Waals surface area (Å²) in [7, 11) is -1.82. The number of nitrogens with zero attached hydrogens (tertiary/aromatic N) is 3. The average molecular weight is 614 g/mol. The summed E-state index contributed by atoms with van der Waals surface area (Å²) < 4.78 is 43.0. The van der Waals surface area contributed by atoms with E-state index in [1.54, 1.807) is 30.5 Å². The molecule has 5 aromatic rings. The molecule has 0 unspecified atom stereocenters.